The number of aryl methyl sites for hydroxylation is 2. The summed E-state index contributed by atoms with van der Waals surface area (Å²) in [4.78, 5) is 26.4. The van der Waals surface area contributed by atoms with Crippen molar-refractivity contribution < 1.29 is 4.79 Å². The zero-order valence-electron chi connectivity index (χ0n) is 16.4. The van der Waals surface area contributed by atoms with Crippen molar-refractivity contribution in [3.63, 3.8) is 0 Å². The van der Waals surface area contributed by atoms with Crippen LogP contribution in [0.1, 0.15) is 49.9 Å². The number of carbonyl (C=O) groups is 1. The van der Waals surface area contributed by atoms with E-state index >= 15 is 0 Å². The largest absolute Gasteiger partial charge is 0.360 e. The van der Waals surface area contributed by atoms with Gasteiger partial charge in [-0.15, -0.1) is 11.3 Å². The highest BCUT2D eigenvalue weighted by molar-refractivity contribution is 7.18. The molecule has 0 aromatic carbocycles. The van der Waals surface area contributed by atoms with Crippen LogP contribution < -0.4 is 10.6 Å². The van der Waals surface area contributed by atoms with Gasteiger partial charge >= 0.3 is 0 Å². The van der Waals surface area contributed by atoms with Gasteiger partial charge in [0.25, 0.3) is 0 Å². The number of anilines is 1. The number of hydrogen-bond acceptors (Lipinski definition) is 6. The van der Waals surface area contributed by atoms with Crippen LogP contribution in [0.3, 0.4) is 0 Å². The second-order valence-corrected chi connectivity index (χ2v) is 9.29. The van der Waals surface area contributed by atoms with Gasteiger partial charge in [0.05, 0.1) is 18.5 Å². The van der Waals surface area contributed by atoms with Gasteiger partial charge in [-0.05, 0) is 66.1 Å². The first-order chi connectivity index (χ1) is 12.2. The van der Waals surface area contributed by atoms with Gasteiger partial charge in [-0.3, -0.25) is 9.69 Å². The van der Waals surface area contributed by atoms with E-state index < -0.39 is 0 Å². The monoisotopic (exact) mass is 375 g/mol. The molecule has 2 aromatic heterocycles. The zero-order chi connectivity index (χ0) is 18.9. The van der Waals surface area contributed by atoms with Crippen molar-refractivity contribution in [2.24, 2.45) is 0 Å². The minimum absolute atomic E-state index is 0.0324. The van der Waals surface area contributed by atoms with Crippen molar-refractivity contribution in [2.75, 3.05) is 25.0 Å². The highest BCUT2D eigenvalue weighted by atomic mass is 32.1. The Morgan fingerprint density at radius 3 is 2.54 bits per heavy atom. The van der Waals surface area contributed by atoms with Gasteiger partial charge in [-0.25, -0.2) is 9.97 Å². The Kier molecular flexibility index (Phi) is 5.48. The fourth-order valence-corrected chi connectivity index (χ4v) is 4.31. The number of aromatic nitrogens is 2. The molecule has 0 spiro atoms. The van der Waals surface area contributed by atoms with Gasteiger partial charge < -0.3 is 10.6 Å². The van der Waals surface area contributed by atoms with Gasteiger partial charge in [0, 0.05) is 10.4 Å². The van der Waals surface area contributed by atoms with Crippen LogP contribution >= 0.6 is 11.3 Å². The van der Waals surface area contributed by atoms with E-state index in [-0.39, 0.29) is 18.0 Å². The number of fused-ring (bicyclic) bond motifs is 1. The van der Waals surface area contributed by atoms with Crippen molar-refractivity contribution in [2.45, 2.75) is 59.5 Å². The highest BCUT2D eigenvalue weighted by Crippen LogP contribution is 2.33. The van der Waals surface area contributed by atoms with Crippen LogP contribution in [0, 0.1) is 13.8 Å². The average Bonchev–Trinajstić information content (AvgIpc) is 3.12. The minimum atomic E-state index is -0.241. The maximum absolute atomic E-state index is 12.2. The summed E-state index contributed by atoms with van der Waals surface area (Å²) in [7, 11) is 0. The maximum Gasteiger partial charge on any atom is 0.239 e. The molecule has 0 saturated carbocycles. The summed E-state index contributed by atoms with van der Waals surface area (Å²) in [5, 5.41) is 7.28. The normalized spacial score (nSPS) is 15.6. The SMILES string of the molecule is Cc1sc2nc(CN3CCCC3)nc(NCC(=O)NC(C)(C)C)c2c1C. The molecule has 3 heterocycles. The molecule has 142 valence electrons. The second kappa shape index (κ2) is 7.48. The molecule has 1 saturated heterocycles. The predicted octanol–water partition coefficient (Wildman–Crippen LogP) is 3.23. The summed E-state index contributed by atoms with van der Waals surface area (Å²) in [5.74, 6) is 1.57. The Morgan fingerprint density at radius 1 is 1.19 bits per heavy atom. The van der Waals surface area contributed by atoms with Gasteiger partial charge in [-0.2, -0.15) is 0 Å². The molecule has 7 heteroatoms. The van der Waals surface area contributed by atoms with E-state index in [1.165, 1.54) is 23.3 Å². The number of nitrogens with zero attached hydrogens (tertiary/aromatic N) is 3. The van der Waals surface area contributed by atoms with Crippen LogP contribution in [0.15, 0.2) is 0 Å². The second-order valence-electron chi connectivity index (χ2n) is 8.09. The third kappa shape index (κ3) is 4.51. The molecular formula is C19H29N5OS. The molecule has 1 aliphatic rings. The molecule has 2 N–H and O–H groups in total. The van der Waals surface area contributed by atoms with Gasteiger partial charge in [0.2, 0.25) is 5.91 Å². The zero-order valence-corrected chi connectivity index (χ0v) is 17.2. The molecular weight excluding hydrogens is 346 g/mol. The molecule has 6 nitrogen and oxygen atoms in total. The molecule has 0 radical (unpaired) electrons. The summed E-state index contributed by atoms with van der Waals surface area (Å²) >= 11 is 1.70. The Bertz CT molecular complexity index is 802. The third-order valence-corrected chi connectivity index (χ3v) is 5.67. The lowest BCUT2D eigenvalue weighted by molar-refractivity contribution is -0.120. The number of amides is 1. The molecule has 3 rings (SSSR count). The number of thiophene rings is 1. The van der Waals surface area contributed by atoms with Crippen LogP contribution in [0.2, 0.25) is 0 Å². The Hall–Kier alpha value is -1.73. The average molecular weight is 376 g/mol. The highest BCUT2D eigenvalue weighted by Gasteiger charge is 2.19. The van der Waals surface area contributed by atoms with E-state index in [4.69, 9.17) is 9.97 Å². The standard InChI is InChI=1S/C19H29N5OS/c1-12-13(2)26-18-16(12)17(20-10-15(25)23-19(3,4)5)21-14(22-18)11-24-8-6-7-9-24/h6-11H2,1-5H3,(H,23,25)(H,20,21,22). The molecule has 1 amide bonds. The summed E-state index contributed by atoms with van der Waals surface area (Å²) < 4.78 is 0. The van der Waals surface area contributed by atoms with Gasteiger partial charge in [0.15, 0.2) is 0 Å². The molecule has 1 aliphatic heterocycles. The lowest BCUT2D eigenvalue weighted by Gasteiger charge is -2.21. The van der Waals surface area contributed by atoms with Crippen molar-refractivity contribution in [1.82, 2.24) is 20.2 Å². The van der Waals surface area contributed by atoms with Crippen molar-refractivity contribution in [3.05, 3.63) is 16.3 Å². The molecule has 26 heavy (non-hydrogen) atoms. The summed E-state index contributed by atoms with van der Waals surface area (Å²) in [6, 6.07) is 0. The van der Waals surface area contributed by atoms with Crippen molar-refractivity contribution in [3.8, 4) is 0 Å². The topological polar surface area (TPSA) is 70.2 Å². The molecule has 1 fully saturated rings. The first-order valence-electron chi connectivity index (χ1n) is 9.27. The molecule has 0 bridgehead atoms. The van der Waals surface area contributed by atoms with E-state index in [1.54, 1.807) is 11.3 Å². The van der Waals surface area contributed by atoms with E-state index in [9.17, 15) is 4.79 Å². The van der Waals surface area contributed by atoms with E-state index in [0.717, 1.165) is 41.5 Å². The van der Waals surface area contributed by atoms with Crippen molar-refractivity contribution >= 4 is 33.3 Å². The van der Waals surface area contributed by atoms with Crippen molar-refractivity contribution in [1.29, 1.82) is 0 Å². The minimum Gasteiger partial charge on any atom is -0.360 e. The molecule has 0 unspecified atom stereocenters. The number of hydrogen-bond donors (Lipinski definition) is 2. The quantitative estimate of drug-likeness (QED) is 0.840. The molecule has 2 aromatic rings. The van der Waals surface area contributed by atoms with Crippen LogP contribution in [0.5, 0.6) is 0 Å². The predicted molar refractivity (Wildman–Crippen MR) is 108 cm³/mol. The Morgan fingerprint density at radius 2 is 1.88 bits per heavy atom. The lowest BCUT2D eigenvalue weighted by Crippen LogP contribution is -2.43. The number of likely N-dealkylation sites (tertiary alicyclic amines) is 1. The van der Waals surface area contributed by atoms with Crippen LogP contribution in [0.4, 0.5) is 5.82 Å². The fraction of sp³-hybridized carbons (Fsp3) is 0.632. The van der Waals surface area contributed by atoms with Gasteiger partial charge in [-0.1, -0.05) is 0 Å². The molecule has 0 aliphatic carbocycles. The van der Waals surface area contributed by atoms with Crippen LogP contribution in [0.25, 0.3) is 10.2 Å². The van der Waals surface area contributed by atoms with E-state index in [2.05, 4.69) is 29.4 Å². The Labute approximate surface area is 159 Å². The Balaban J connectivity index is 1.84. The van der Waals surface area contributed by atoms with Gasteiger partial charge in [0.1, 0.15) is 16.5 Å². The summed E-state index contributed by atoms with van der Waals surface area (Å²) in [5.41, 5.74) is 0.951. The summed E-state index contributed by atoms with van der Waals surface area (Å²) in [6.45, 7) is 13.4. The lowest BCUT2D eigenvalue weighted by atomic mass is 10.1. The fourth-order valence-electron chi connectivity index (χ4n) is 3.26. The number of rotatable bonds is 5. The summed E-state index contributed by atoms with van der Waals surface area (Å²) in [6.07, 6.45) is 2.50. The van der Waals surface area contributed by atoms with Crippen LogP contribution in [-0.2, 0) is 11.3 Å². The third-order valence-electron chi connectivity index (χ3n) is 4.57. The first-order valence-corrected chi connectivity index (χ1v) is 10.1. The van der Waals surface area contributed by atoms with E-state index in [0.29, 0.717) is 0 Å². The maximum atomic E-state index is 12.2. The number of carbonyl (C=O) groups excluding carboxylic acids is 1. The van der Waals surface area contributed by atoms with Crippen LogP contribution in [-0.4, -0.2) is 45.9 Å². The molecule has 0 atom stereocenters. The van der Waals surface area contributed by atoms with E-state index in [1.807, 2.05) is 20.8 Å². The first kappa shape index (κ1) is 19.0. The number of nitrogens with one attached hydrogen (secondary N) is 2. The smallest absolute Gasteiger partial charge is 0.239 e.